The van der Waals surface area contributed by atoms with Crippen LogP contribution in [0.2, 0.25) is 0 Å². The van der Waals surface area contributed by atoms with Crippen LogP contribution >= 0.6 is 11.3 Å². The van der Waals surface area contributed by atoms with Crippen molar-refractivity contribution >= 4 is 27.5 Å². The molecule has 1 unspecified atom stereocenters. The molecule has 0 bridgehead atoms. The number of nitrogens with zero attached hydrogens (tertiary/aromatic N) is 3. The molecule has 25 heavy (non-hydrogen) atoms. The van der Waals surface area contributed by atoms with Gasteiger partial charge in [-0.15, -0.1) is 11.3 Å². The molecule has 1 amide bonds. The van der Waals surface area contributed by atoms with Crippen LogP contribution in [0.15, 0.2) is 4.79 Å². The maximum Gasteiger partial charge on any atom is 0.264 e. The summed E-state index contributed by atoms with van der Waals surface area (Å²) in [4.78, 5) is 33.9. The van der Waals surface area contributed by atoms with Gasteiger partial charge in [0.2, 0.25) is 0 Å². The van der Waals surface area contributed by atoms with Gasteiger partial charge in [-0.3, -0.25) is 14.2 Å². The van der Waals surface area contributed by atoms with Gasteiger partial charge in [-0.25, -0.2) is 4.98 Å². The third-order valence-corrected chi connectivity index (χ3v) is 6.31. The first-order valence-electron chi connectivity index (χ1n) is 9.00. The molecule has 6 nitrogen and oxygen atoms in total. The average molecular weight is 361 g/mol. The molecular formula is C18H23N3O3S. The molecule has 1 atom stereocenters. The van der Waals surface area contributed by atoms with E-state index < -0.39 is 0 Å². The molecule has 2 aromatic rings. The van der Waals surface area contributed by atoms with Crippen LogP contribution in [-0.2, 0) is 17.7 Å². The van der Waals surface area contributed by atoms with Crippen LogP contribution in [0, 0.1) is 6.92 Å². The Morgan fingerprint density at radius 2 is 2.12 bits per heavy atom. The first-order chi connectivity index (χ1) is 12.1. The van der Waals surface area contributed by atoms with Crippen LogP contribution in [0.4, 0.5) is 0 Å². The van der Waals surface area contributed by atoms with Crippen molar-refractivity contribution in [2.75, 3.05) is 19.7 Å². The van der Waals surface area contributed by atoms with Crippen molar-refractivity contribution in [1.29, 1.82) is 0 Å². The summed E-state index contributed by atoms with van der Waals surface area (Å²) in [5.41, 5.74) is 0.797. The zero-order valence-corrected chi connectivity index (χ0v) is 15.5. The Bertz CT molecular complexity index is 886. The fraction of sp³-hybridized carbons (Fsp3) is 0.611. The van der Waals surface area contributed by atoms with Gasteiger partial charge < -0.3 is 9.64 Å². The quantitative estimate of drug-likeness (QED) is 0.782. The first-order valence-corrected chi connectivity index (χ1v) is 9.81. The standard InChI is InChI=1S/C18H23N3O3S/c1-11-10-20(8-9-24-11)18(23)15-12(2)14-16(25-15)19-13-6-4-3-5-7-21(13)17(14)22/h11H,3-10H2,1-2H3. The van der Waals surface area contributed by atoms with E-state index in [9.17, 15) is 9.59 Å². The number of carbonyl (C=O) groups excluding carboxylic acids is 1. The second kappa shape index (κ2) is 6.53. The molecule has 2 aliphatic rings. The van der Waals surface area contributed by atoms with Crippen LogP contribution in [0.5, 0.6) is 0 Å². The zero-order valence-electron chi connectivity index (χ0n) is 14.7. The Morgan fingerprint density at radius 3 is 2.92 bits per heavy atom. The molecular weight excluding hydrogens is 338 g/mol. The first kappa shape index (κ1) is 16.7. The van der Waals surface area contributed by atoms with Crippen molar-refractivity contribution in [3.8, 4) is 0 Å². The summed E-state index contributed by atoms with van der Waals surface area (Å²) in [5.74, 6) is 0.866. The van der Waals surface area contributed by atoms with Gasteiger partial charge in [0.05, 0.1) is 23.0 Å². The van der Waals surface area contributed by atoms with Crippen LogP contribution in [0.1, 0.15) is 47.2 Å². The minimum Gasteiger partial charge on any atom is -0.375 e. The molecule has 1 saturated heterocycles. The third kappa shape index (κ3) is 2.89. The number of rotatable bonds is 1. The van der Waals surface area contributed by atoms with Gasteiger partial charge in [0.1, 0.15) is 10.7 Å². The number of morpholine rings is 1. The highest BCUT2D eigenvalue weighted by Crippen LogP contribution is 2.29. The number of amides is 1. The highest BCUT2D eigenvalue weighted by Gasteiger charge is 2.27. The van der Waals surface area contributed by atoms with E-state index >= 15 is 0 Å². The van der Waals surface area contributed by atoms with Gasteiger partial charge in [-0.2, -0.15) is 0 Å². The van der Waals surface area contributed by atoms with Gasteiger partial charge in [-0.05, 0) is 32.3 Å². The van der Waals surface area contributed by atoms with E-state index in [-0.39, 0.29) is 17.6 Å². The van der Waals surface area contributed by atoms with E-state index in [4.69, 9.17) is 9.72 Å². The van der Waals surface area contributed by atoms with E-state index in [2.05, 4.69) is 0 Å². The molecule has 7 heteroatoms. The summed E-state index contributed by atoms with van der Waals surface area (Å²) in [5, 5.41) is 0.625. The van der Waals surface area contributed by atoms with E-state index in [1.165, 1.54) is 11.3 Å². The number of fused-ring (bicyclic) bond motifs is 2. The van der Waals surface area contributed by atoms with Crippen LogP contribution in [0.25, 0.3) is 10.2 Å². The highest BCUT2D eigenvalue weighted by molar-refractivity contribution is 7.20. The van der Waals surface area contributed by atoms with Crippen molar-refractivity contribution in [2.45, 2.75) is 52.2 Å². The third-order valence-electron chi connectivity index (χ3n) is 5.13. The molecule has 0 spiro atoms. The number of aryl methyl sites for hydroxylation is 2. The Kier molecular flexibility index (Phi) is 4.37. The second-order valence-corrected chi connectivity index (χ2v) is 7.96. The van der Waals surface area contributed by atoms with Crippen molar-refractivity contribution in [3.63, 3.8) is 0 Å². The SMILES string of the molecule is Cc1c(C(=O)N2CCOC(C)C2)sc2nc3n(c(=O)c12)CCCCC3. The Labute approximate surface area is 150 Å². The second-order valence-electron chi connectivity index (χ2n) is 6.96. The number of ether oxygens (including phenoxy) is 1. The lowest BCUT2D eigenvalue weighted by Gasteiger charge is -2.31. The van der Waals surface area contributed by atoms with E-state index in [1.807, 2.05) is 23.3 Å². The van der Waals surface area contributed by atoms with Gasteiger partial charge in [0, 0.05) is 26.1 Å². The van der Waals surface area contributed by atoms with Gasteiger partial charge in [0.15, 0.2) is 0 Å². The largest absolute Gasteiger partial charge is 0.375 e. The molecule has 0 radical (unpaired) electrons. The Hall–Kier alpha value is -1.73. The molecule has 0 aliphatic carbocycles. The van der Waals surface area contributed by atoms with Gasteiger partial charge in [0.25, 0.3) is 11.5 Å². The van der Waals surface area contributed by atoms with Gasteiger partial charge in [-0.1, -0.05) is 6.42 Å². The molecule has 134 valence electrons. The minimum absolute atomic E-state index is 0.00440. The fourth-order valence-corrected chi connectivity index (χ4v) is 4.92. The average Bonchev–Trinajstić information content (AvgIpc) is 2.77. The summed E-state index contributed by atoms with van der Waals surface area (Å²) < 4.78 is 7.35. The van der Waals surface area contributed by atoms with Crippen molar-refractivity contribution in [3.05, 3.63) is 26.6 Å². The molecule has 2 aromatic heterocycles. The predicted octanol–water partition coefficient (Wildman–Crippen LogP) is 2.35. The van der Waals surface area contributed by atoms with E-state index in [1.54, 1.807) is 0 Å². The van der Waals surface area contributed by atoms with E-state index in [0.29, 0.717) is 34.8 Å². The summed E-state index contributed by atoms with van der Waals surface area (Å²) in [7, 11) is 0. The van der Waals surface area contributed by atoms with E-state index in [0.717, 1.165) is 43.6 Å². The number of carbonyl (C=O) groups is 1. The lowest BCUT2D eigenvalue weighted by molar-refractivity contribution is -0.0122. The number of hydrogen-bond acceptors (Lipinski definition) is 5. The van der Waals surface area contributed by atoms with Gasteiger partial charge >= 0.3 is 0 Å². The summed E-state index contributed by atoms with van der Waals surface area (Å²) in [6.07, 6.45) is 4.11. The van der Waals surface area contributed by atoms with Crippen molar-refractivity contribution < 1.29 is 9.53 Å². The lowest BCUT2D eigenvalue weighted by atomic mass is 10.2. The lowest BCUT2D eigenvalue weighted by Crippen LogP contribution is -2.44. The maximum atomic E-state index is 13.0. The molecule has 0 saturated carbocycles. The fourth-order valence-electron chi connectivity index (χ4n) is 3.76. The smallest absolute Gasteiger partial charge is 0.264 e. The van der Waals surface area contributed by atoms with Crippen molar-refractivity contribution in [1.82, 2.24) is 14.5 Å². The Morgan fingerprint density at radius 1 is 1.28 bits per heavy atom. The Balaban J connectivity index is 1.79. The van der Waals surface area contributed by atoms with Crippen LogP contribution in [0.3, 0.4) is 0 Å². The highest BCUT2D eigenvalue weighted by atomic mass is 32.1. The number of aromatic nitrogens is 2. The molecule has 0 aromatic carbocycles. The maximum absolute atomic E-state index is 13.0. The summed E-state index contributed by atoms with van der Waals surface area (Å²) in [6.45, 7) is 6.34. The zero-order chi connectivity index (χ0) is 17.6. The molecule has 2 aliphatic heterocycles. The topological polar surface area (TPSA) is 64.4 Å². The number of hydrogen-bond donors (Lipinski definition) is 0. The monoisotopic (exact) mass is 361 g/mol. The summed E-state index contributed by atoms with van der Waals surface area (Å²) in [6, 6.07) is 0. The molecule has 4 heterocycles. The van der Waals surface area contributed by atoms with Crippen molar-refractivity contribution in [2.24, 2.45) is 0 Å². The predicted molar refractivity (Wildman–Crippen MR) is 97.5 cm³/mol. The summed E-state index contributed by atoms with van der Waals surface area (Å²) >= 11 is 1.36. The normalized spacial score (nSPS) is 21.2. The molecule has 0 N–H and O–H groups in total. The van der Waals surface area contributed by atoms with Crippen LogP contribution < -0.4 is 5.56 Å². The minimum atomic E-state index is -0.00440. The molecule has 4 rings (SSSR count). The van der Waals surface area contributed by atoms with Crippen LogP contribution in [-0.4, -0.2) is 46.2 Å². The molecule has 1 fully saturated rings. The number of thiophene rings is 1.